The second-order valence-corrected chi connectivity index (χ2v) is 0. The van der Waals surface area contributed by atoms with Crippen molar-refractivity contribution in [2.75, 3.05) is 0 Å². The average molecular weight is 437 g/mol. The van der Waals surface area contributed by atoms with Gasteiger partial charge in [0.2, 0.25) is 0 Å². The van der Waals surface area contributed by atoms with Crippen molar-refractivity contribution in [3.8, 4) is 0 Å². The summed E-state index contributed by atoms with van der Waals surface area (Å²) in [5.41, 5.74) is 0. The third-order valence-corrected chi connectivity index (χ3v) is 0. The topological polar surface area (TPSA) is 0 Å². The first kappa shape index (κ1) is 23.3. The minimum absolute atomic E-state index is 0. The quantitative estimate of drug-likeness (QED) is 0.351. The van der Waals surface area contributed by atoms with Crippen LogP contribution >= 0.6 is 0 Å². The Kier molecular flexibility index (Phi) is 91.2. The molecule has 0 aliphatic carbocycles. The molecule has 0 spiro atoms. The molecule has 0 aliphatic rings. The smallest absolute Gasteiger partial charge is 1.00 e. The van der Waals surface area contributed by atoms with Crippen LogP contribution in [0.4, 0.5) is 0 Å². The molecule has 4 heavy (non-hydrogen) atoms. The summed E-state index contributed by atoms with van der Waals surface area (Å²) < 4.78 is 0. The third kappa shape index (κ3) is 9.88. The Hall–Kier alpha value is 4.74. The van der Waals surface area contributed by atoms with E-state index in [4.69, 9.17) is 0 Å². The SMILES string of the molecule is [Ba+2].[H-].[H-].[H-].[H-].[H-].[Na+].[Sr+2].[W]. The van der Waals surface area contributed by atoms with Crippen LogP contribution in [0.5, 0.6) is 0 Å². The van der Waals surface area contributed by atoms with Crippen molar-refractivity contribution in [2.24, 2.45) is 0 Å². The van der Waals surface area contributed by atoms with Crippen LogP contribution in [0.2, 0.25) is 0 Å². The van der Waals surface area contributed by atoms with Gasteiger partial charge in [-0.05, 0) is 0 Å². The Bertz CT molecular complexity index is 16.9. The summed E-state index contributed by atoms with van der Waals surface area (Å²) in [6.45, 7) is 0. The van der Waals surface area contributed by atoms with Gasteiger partial charge in [-0.1, -0.05) is 0 Å². The van der Waals surface area contributed by atoms with Crippen LogP contribution in [0.25, 0.3) is 0 Å². The van der Waals surface area contributed by atoms with Crippen LogP contribution in [0.1, 0.15) is 7.13 Å². The van der Waals surface area contributed by atoms with Crippen LogP contribution in [-0.2, 0) is 21.1 Å². The van der Waals surface area contributed by atoms with Gasteiger partial charge in [-0.3, -0.25) is 0 Å². The van der Waals surface area contributed by atoms with Gasteiger partial charge in [0.15, 0.2) is 0 Å². The van der Waals surface area contributed by atoms with Crippen molar-refractivity contribution in [1.29, 1.82) is 0 Å². The van der Waals surface area contributed by atoms with E-state index < -0.39 is 0 Å². The average Bonchev–Trinajstić information content (AvgIpc) is 0. The molecule has 0 unspecified atom stereocenters. The van der Waals surface area contributed by atoms with E-state index in [2.05, 4.69) is 0 Å². The van der Waals surface area contributed by atoms with Crippen LogP contribution in [0.15, 0.2) is 0 Å². The molecule has 0 amide bonds. The summed E-state index contributed by atoms with van der Waals surface area (Å²) >= 11 is 0. The molecular weight excluding hydrogens is 432 g/mol. The Morgan fingerprint density at radius 2 is 1.25 bits per heavy atom. The fourth-order valence-corrected chi connectivity index (χ4v) is 0. The standard InChI is InChI=1S/Ba.Na.Sr.W.5H/q+2;+1;+2;;5*-1. The van der Waals surface area contributed by atoms with E-state index in [0.29, 0.717) is 0 Å². The Morgan fingerprint density at radius 1 is 1.25 bits per heavy atom. The molecule has 0 atom stereocenters. The molecule has 4 heteroatoms. The normalized spacial score (nSPS) is 0. The first-order valence-corrected chi connectivity index (χ1v) is 0. The zero-order valence-corrected chi connectivity index (χ0v) is 15.7. The van der Waals surface area contributed by atoms with E-state index in [1.54, 1.807) is 0 Å². The maximum absolute atomic E-state index is 0. The largest absolute Gasteiger partial charge is 2.00 e. The van der Waals surface area contributed by atoms with Gasteiger partial charge in [0.05, 0.1) is 0 Å². The van der Waals surface area contributed by atoms with Crippen LogP contribution in [0.3, 0.4) is 0 Å². The summed E-state index contributed by atoms with van der Waals surface area (Å²) in [4.78, 5) is 0. The number of rotatable bonds is 0. The Labute approximate surface area is 148 Å². The predicted octanol–water partition coefficient (Wildman–Crippen LogP) is -3.20. The minimum Gasteiger partial charge on any atom is -1.00 e. The number of hydrogen-bond donors (Lipinski definition) is 0. The van der Waals surface area contributed by atoms with E-state index in [9.17, 15) is 0 Å². The maximum atomic E-state index is 0. The molecule has 0 heterocycles. The second kappa shape index (κ2) is 15.6. The molecule has 0 saturated carbocycles. The monoisotopic (exact) mass is 438 g/mol. The molecule has 0 aromatic carbocycles. The van der Waals surface area contributed by atoms with Crippen LogP contribution in [0, 0.1) is 0 Å². The van der Waals surface area contributed by atoms with Crippen LogP contribution < -0.4 is 29.6 Å². The predicted molar refractivity (Wildman–Crippen MR) is 17.1 cm³/mol. The van der Waals surface area contributed by atoms with Gasteiger partial charge in [-0.15, -0.1) is 0 Å². The zero-order valence-electron chi connectivity index (χ0n) is 7.82. The molecule has 0 fully saturated rings. The molecule has 0 saturated heterocycles. The summed E-state index contributed by atoms with van der Waals surface area (Å²) in [5.74, 6) is 0. The molecule has 0 bridgehead atoms. The first-order chi connectivity index (χ1) is 0. The molecule has 0 N–H and O–H groups in total. The maximum Gasteiger partial charge on any atom is 2.00 e. The summed E-state index contributed by atoms with van der Waals surface area (Å²) in [6.07, 6.45) is 0. The molecule has 0 rings (SSSR count). The van der Waals surface area contributed by atoms with E-state index in [1.807, 2.05) is 0 Å². The van der Waals surface area contributed by atoms with E-state index in [0.717, 1.165) is 0 Å². The van der Waals surface area contributed by atoms with Crippen molar-refractivity contribution in [3.63, 3.8) is 0 Å². The molecule has 0 nitrogen and oxygen atoms in total. The van der Waals surface area contributed by atoms with Crippen molar-refractivity contribution in [2.45, 2.75) is 0 Å². The second-order valence-electron chi connectivity index (χ2n) is 0. The van der Waals surface area contributed by atoms with Gasteiger partial charge in [-0.2, -0.15) is 0 Å². The molecule has 16 valence electrons. The van der Waals surface area contributed by atoms with Crippen molar-refractivity contribution in [1.82, 2.24) is 0 Å². The first-order valence-electron chi connectivity index (χ1n) is 0. The van der Waals surface area contributed by atoms with Crippen molar-refractivity contribution >= 4 is 94.4 Å². The summed E-state index contributed by atoms with van der Waals surface area (Å²) in [6, 6.07) is 0. The van der Waals surface area contributed by atoms with E-state index >= 15 is 0 Å². The molecule has 0 aliphatic heterocycles. The van der Waals surface area contributed by atoms with Gasteiger partial charge < -0.3 is 7.13 Å². The Balaban J connectivity index is 0. The van der Waals surface area contributed by atoms with Gasteiger partial charge in [0, 0.05) is 21.1 Å². The van der Waals surface area contributed by atoms with Crippen LogP contribution in [-0.4, -0.2) is 94.4 Å². The van der Waals surface area contributed by atoms with Crippen molar-refractivity contribution in [3.05, 3.63) is 0 Å². The molecular formula is H5BaNaSrW. The molecule has 0 aromatic rings. The summed E-state index contributed by atoms with van der Waals surface area (Å²) in [7, 11) is 0. The van der Waals surface area contributed by atoms with E-state index in [-0.39, 0.29) is 152 Å². The fraction of sp³-hybridized carbons (Fsp3) is 0. The minimum atomic E-state index is 0. The zero-order chi connectivity index (χ0) is 0. The molecule has 0 radical (unpaired) electrons. The fourth-order valence-electron chi connectivity index (χ4n) is 0. The number of hydrogen-bond acceptors (Lipinski definition) is 0. The Morgan fingerprint density at radius 3 is 1.25 bits per heavy atom. The van der Waals surface area contributed by atoms with Crippen molar-refractivity contribution < 1.29 is 57.8 Å². The van der Waals surface area contributed by atoms with Gasteiger partial charge in [0.1, 0.15) is 0 Å². The van der Waals surface area contributed by atoms with Gasteiger partial charge in [-0.25, -0.2) is 0 Å². The third-order valence-electron chi connectivity index (χ3n) is 0. The van der Waals surface area contributed by atoms with E-state index in [1.165, 1.54) is 0 Å². The van der Waals surface area contributed by atoms with Gasteiger partial charge in [0.25, 0.3) is 0 Å². The van der Waals surface area contributed by atoms with Gasteiger partial charge >= 0.3 is 124 Å². The molecule has 0 aromatic heterocycles. The summed E-state index contributed by atoms with van der Waals surface area (Å²) in [5, 5.41) is 0.